The smallest absolute Gasteiger partial charge is 0.261 e. The molecule has 0 aliphatic carbocycles. The minimum atomic E-state index is -0.663. The predicted molar refractivity (Wildman–Crippen MR) is 105 cm³/mol. The highest BCUT2D eigenvalue weighted by atomic mass is 31.0. The second kappa shape index (κ2) is 6.56. The summed E-state index contributed by atoms with van der Waals surface area (Å²) in [5.41, 5.74) is 2.19. The number of carbonyl (C=O) groups is 2. The van der Waals surface area contributed by atoms with E-state index in [4.69, 9.17) is 9.47 Å². The molecule has 4 rings (SSSR count). The summed E-state index contributed by atoms with van der Waals surface area (Å²) in [6.07, 6.45) is 0.299. The molecule has 0 spiro atoms. The lowest BCUT2D eigenvalue weighted by Crippen LogP contribution is -2.22. The van der Waals surface area contributed by atoms with Gasteiger partial charge in [-0.3, -0.25) is 14.9 Å². The number of hydrogen-bond donors (Lipinski definition) is 2. The Morgan fingerprint density at radius 1 is 1.19 bits per heavy atom. The van der Waals surface area contributed by atoms with Crippen LogP contribution >= 0.6 is 9.24 Å². The number of ether oxygens (including phenoxy) is 2. The number of fused-ring (bicyclic) bond motifs is 3. The first-order valence-electron chi connectivity index (χ1n) is 8.21. The van der Waals surface area contributed by atoms with Gasteiger partial charge in [0.1, 0.15) is 5.75 Å². The van der Waals surface area contributed by atoms with Crippen LogP contribution < -0.4 is 20.1 Å². The van der Waals surface area contributed by atoms with Crippen molar-refractivity contribution >= 4 is 37.6 Å². The molecule has 1 unspecified atom stereocenters. The van der Waals surface area contributed by atoms with Crippen molar-refractivity contribution in [3.8, 4) is 28.4 Å². The summed E-state index contributed by atoms with van der Waals surface area (Å²) in [5.74, 6) is 0.239. The largest absolute Gasteiger partial charge is 0.506 e. The Kier molecular flexibility index (Phi) is 4.21. The highest BCUT2D eigenvalue weighted by Gasteiger charge is 2.27. The van der Waals surface area contributed by atoms with E-state index in [1.54, 1.807) is 19.1 Å². The van der Waals surface area contributed by atoms with Crippen molar-refractivity contribution in [1.82, 2.24) is 5.32 Å². The number of imide groups is 1. The van der Waals surface area contributed by atoms with Crippen molar-refractivity contribution in [3.63, 3.8) is 0 Å². The molecule has 0 fully saturated rings. The number of benzene rings is 3. The van der Waals surface area contributed by atoms with Gasteiger partial charge in [-0.15, -0.1) is 9.24 Å². The van der Waals surface area contributed by atoms with Gasteiger partial charge in [0, 0.05) is 10.8 Å². The van der Waals surface area contributed by atoms with E-state index in [2.05, 4.69) is 14.6 Å². The topological polar surface area (TPSA) is 84.9 Å². The lowest BCUT2D eigenvalue weighted by Gasteiger charge is -2.18. The first kappa shape index (κ1) is 17.3. The van der Waals surface area contributed by atoms with Crippen LogP contribution in [0.25, 0.3) is 21.9 Å². The SMILES string of the molecule is Cc1c(C(=O)NC=O)c(O)c2ccc3c(c2c1-c1ccc(P)cc1)OCO3. The molecule has 1 heterocycles. The average Bonchev–Trinajstić information content (AvgIpc) is 3.12. The van der Waals surface area contributed by atoms with Gasteiger partial charge in [-0.25, -0.2) is 0 Å². The van der Waals surface area contributed by atoms with Crippen LogP contribution in [0.2, 0.25) is 0 Å². The van der Waals surface area contributed by atoms with Crippen LogP contribution in [0.3, 0.4) is 0 Å². The second-order valence-electron chi connectivity index (χ2n) is 6.16. The fourth-order valence-electron chi connectivity index (χ4n) is 3.46. The first-order chi connectivity index (χ1) is 13.0. The van der Waals surface area contributed by atoms with Gasteiger partial charge in [0.05, 0.1) is 5.56 Å². The van der Waals surface area contributed by atoms with E-state index in [1.807, 2.05) is 24.3 Å². The maximum atomic E-state index is 12.4. The summed E-state index contributed by atoms with van der Waals surface area (Å²) >= 11 is 0. The van der Waals surface area contributed by atoms with Gasteiger partial charge >= 0.3 is 0 Å². The maximum Gasteiger partial charge on any atom is 0.261 e. The van der Waals surface area contributed by atoms with Crippen molar-refractivity contribution in [2.45, 2.75) is 6.92 Å². The van der Waals surface area contributed by atoms with E-state index in [0.717, 1.165) is 16.4 Å². The standard InChI is InChI=1S/C20H16NO5P/c1-10-15(11-2-4-12(27)5-3-11)17-13(6-7-14-19(17)26-9-25-14)18(23)16(10)20(24)21-8-22/h2-8,23H,9,27H2,1H3,(H,21,22,24). The summed E-state index contributed by atoms with van der Waals surface area (Å²) in [4.78, 5) is 23.2. The molecule has 3 aromatic rings. The lowest BCUT2D eigenvalue weighted by molar-refractivity contribution is -0.108. The zero-order chi connectivity index (χ0) is 19.1. The molecule has 1 atom stereocenters. The highest BCUT2D eigenvalue weighted by Crippen LogP contribution is 2.49. The Hall–Kier alpha value is -3.11. The number of aromatic hydroxyl groups is 1. The van der Waals surface area contributed by atoms with Crippen LogP contribution in [0.15, 0.2) is 36.4 Å². The zero-order valence-corrected chi connectivity index (χ0v) is 15.6. The molecule has 27 heavy (non-hydrogen) atoms. The van der Waals surface area contributed by atoms with E-state index >= 15 is 0 Å². The van der Waals surface area contributed by atoms with Gasteiger partial charge < -0.3 is 14.6 Å². The fraction of sp³-hybridized carbons (Fsp3) is 0.100. The van der Waals surface area contributed by atoms with Crippen LogP contribution in [-0.4, -0.2) is 24.2 Å². The molecular formula is C20H16NO5P. The number of nitrogens with one attached hydrogen (secondary N) is 1. The summed E-state index contributed by atoms with van der Waals surface area (Å²) in [5, 5.41) is 15.0. The monoisotopic (exact) mass is 381 g/mol. The molecule has 0 radical (unpaired) electrons. The number of phenols is 1. The van der Waals surface area contributed by atoms with Crippen LogP contribution in [0.5, 0.6) is 17.2 Å². The molecule has 0 aromatic heterocycles. The van der Waals surface area contributed by atoms with E-state index in [9.17, 15) is 14.7 Å². The molecule has 1 aliphatic rings. The molecule has 0 bridgehead atoms. The minimum Gasteiger partial charge on any atom is -0.506 e. The maximum absolute atomic E-state index is 12.4. The molecule has 7 heteroatoms. The van der Waals surface area contributed by atoms with Crippen LogP contribution in [0.4, 0.5) is 0 Å². The second-order valence-corrected chi connectivity index (χ2v) is 6.83. The molecule has 0 saturated heterocycles. The van der Waals surface area contributed by atoms with E-state index < -0.39 is 5.91 Å². The van der Waals surface area contributed by atoms with E-state index in [0.29, 0.717) is 34.2 Å². The average molecular weight is 381 g/mol. The third kappa shape index (κ3) is 2.69. The fourth-order valence-corrected chi connectivity index (χ4v) is 3.65. The van der Waals surface area contributed by atoms with Gasteiger partial charge in [-0.2, -0.15) is 0 Å². The summed E-state index contributed by atoms with van der Waals surface area (Å²) in [7, 11) is 2.62. The van der Waals surface area contributed by atoms with Crippen molar-refractivity contribution < 1.29 is 24.2 Å². The summed E-state index contributed by atoms with van der Waals surface area (Å²) in [6.45, 7) is 1.82. The molecule has 2 amide bonds. The molecule has 1 aliphatic heterocycles. The van der Waals surface area contributed by atoms with Crippen molar-refractivity contribution in [1.29, 1.82) is 0 Å². The number of rotatable bonds is 3. The molecule has 6 nitrogen and oxygen atoms in total. The van der Waals surface area contributed by atoms with Crippen molar-refractivity contribution in [2.24, 2.45) is 0 Å². The Morgan fingerprint density at radius 2 is 1.93 bits per heavy atom. The number of carbonyl (C=O) groups excluding carboxylic acids is 2. The molecular weight excluding hydrogens is 365 g/mol. The number of amides is 2. The predicted octanol–water partition coefficient (Wildman–Crippen LogP) is 2.64. The van der Waals surface area contributed by atoms with Crippen LogP contribution in [0.1, 0.15) is 15.9 Å². The Balaban J connectivity index is 2.15. The van der Waals surface area contributed by atoms with E-state index in [1.165, 1.54) is 0 Å². The third-order valence-electron chi connectivity index (χ3n) is 4.65. The summed E-state index contributed by atoms with van der Waals surface area (Å²) < 4.78 is 11.1. The number of phenolic OH excluding ortho intramolecular Hbond substituents is 1. The van der Waals surface area contributed by atoms with Gasteiger partial charge in [0.15, 0.2) is 11.5 Å². The Morgan fingerprint density at radius 3 is 2.63 bits per heavy atom. The van der Waals surface area contributed by atoms with Crippen molar-refractivity contribution in [3.05, 3.63) is 47.5 Å². The quantitative estimate of drug-likeness (QED) is 0.538. The molecule has 3 aromatic carbocycles. The van der Waals surface area contributed by atoms with Crippen molar-refractivity contribution in [2.75, 3.05) is 6.79 Å². The molecule has 0 saturated carbocycles. The molecule has 2 N–H and O–H groups in total. The molecule has 136 valence electrons. The van der Waals surface area contributed by atoms with Crippen LogP contribution in [0, 0.1) is 6.92 Å². The minimum absolute atomic E-state index is 0.0541. The van der Waals surface area contributed by atoms with Gasteiger partial charge in [0.25, 0.3) is 5.91 Å². The van der Waals surface area contributed by atoms with Gasteiger partial charge in [0.2, 0.25) is 13.2 Å². The van der Waals surface area contributed by atoms with Crippen LogP contribution in [-0.2, 0) is 4.79 Å². The number of hydrogen-bond acceptors (Lipinski definition) is 5. The highest BCUT2D eigenvalue weighted by molar-refractivity contribution is 7.27. The van der Waals surface area contributed by atoms with Gasteiger partial charge in [-0.05, 0) is 41.1 Å². The first-order valence-corrected chi connectivity index (χ1v) is 8.79. The zero-order valence-electron chi connectivity index (χ0n) is 14.4. The summed E-state index contributed by atoms with van der Waals surface area (Å²) in [6, 6.07) is 11.1. The van der Waals surface area contributed by atoms with Gasteiger partial charge in [-0.1, -0.05) is 24.3 Å². The normalized spacial score (nSPS) is 12.2. The lowest BCUT2D eigenvalue weighted by atomic mass is 9.88. The third-order valence-corrected chi connectivity index (χ3v) is 5.03. The van der Waals surface area contributed by atoms with E-state index in [-0.39, 0.29) is 18.1 Å². The Bertz CT molecular complexity index is 1090. The Labute approximate surface area is 157 Å².